The first-order valence-electron chi connectivity index (χ1n) is 5.60. The van der Waals surface area contributed by atoms with Gasteiger partial charge >= 0.3 is 0 Å². The molecular weight excluding hydrogens is 242 g/mol. The van der Waals surface area contributed by atoms with E-state index in [0.29, 0.717) is 31.4 Å². The van der Waals surface area contributed by atoms with Crippen LogP contribution in [0, 0.1) is 0 Å². The zero-order valence-electron chi connectivity index (χ0n) is 9.94. The van der Waals surface area contributed by atoms with Crippen LogP contribution in [-0.4, -0.2) is 42.5 Å². The van der Waals surface area contributed by atoms with E-state index in [1.807, 2.05) is 6.92 Å². The van der Waals surface area contributed by atoms with Gasteiger partial charge < -0.3 is 25.6 Å². The third kappa shape index (κ3) is 4.76. The Morgan fingerprint density at radius 1 is 1.47 bits per heavy atom. The Morgan fingerprint density at radius 2 is 2.29 bits per heavy atom. The van der Waals surface area contributed by atoms with Crippen LogP contribution in [-0.2, 0) is 4.74 Å². The summed E-state index contributed by atoms with van der Waals surface area (Å²) in [7, 11) is 0. The summed E-state index contributed by atoms with van der Waals surface area (Å²) in [6.07, 6.45) is 0.851. The molecule has 0 aliphatic heterocycles. The largest absolute Gasteiger partial charge is 0.487 e. The highest BCUT2D eigenvalue weighted by atomic mass is 32.1. The van der Waals surface area contributed by atoms with Gasteiger partial charge in [0.05, 0.1) is 19.8 Å². The van der Waals surface area contributed by atoms with E-state index in [-0.39, 0.29) is 6.61 Å². The quantitative estimate of drug-likeness (QED) is 0.573. The average Bonchev–Trinajstić information content (AvgIpc) is 2.66. The molecule has 0 atom stereocenters. The van der Waals surface area contributed by atoms with Crippen molar-refractivity contribution in [2.75, 3.05) is 44.0 Å². The highest BCUT2D eigenvalue weighted by Crippen LogP contribution is 2.34. The minimum Gasteiger partial charge on any atom is -0.487 e. The number of aliphatic hydroxyl groups is 1. The molecule has 0 aromatic carbocycles. The van der Waals surface area contributed by atoms with Crippen LogP contribution in [0.3, 0.4) is 0 Å². The van der Waals surface area contributed by atoms with Crippen LogP contribution in [0.2, 0.25) is 0 Å². The minimum absolute atomic E-state index is 0.0628. The molecule has 0 unspecified atom stereocenters. The number of nitrogens with one attached hydrogen (secondary N) is 1. The second-order valence-corrected chi connectivity index (χ2v) is 4.05. The highest BCUT2D eigenvalue weighted by Gasteiger charge is 2.11. The Kier molecular flexibility index (Phi) is 6.68. The van der Waals surface area contributed by atoms with Crippen LogP contribution in [0.15, 0.2) is 0 Å². The first-order valence-corrected chi connectivity index (χ1v) is 6.37. The van der Waals surface area contributed by atoms with Gasteiger partial charge in [-0.25, -0.2) is 0 Å². The van der Waals surface area contributed by atoms with Crippen LogP contribution >= 0.6 is 11.5 Å². The van der Waals surface area contributed by atoms with E-state index in [0.717, 1.165) is 18.0 Å². The molecule has 0 aliphatic carbocycles. The number of ether oxygens (including phenoxy) is 2. The summed E-state index contributed by atoms with van der Waals surface area (Å²) < 4.78 is 14.6. The number of rotatable bonds is 9. The van der Waals surface area contributed by atoms with Crippen molar-refractivity contribution in [2.45, 2.75) is 13.3 Å². The van der Waals surface area contributed by atoms with E-state index in [9.17, 15) is 0 Å². The molecule has 0 amide bonds. The van der Waals surface area contributed by atoms with Gasteiger partial charge in [-0.05, 0) is 24.9 Å². The lowest BCUT2D eigenvalue weighted by molar-refractivity contribution is 0.0922. The van der Waals surface area contributed by atoms with Gasteiger partial charge in [-0.2, -0.15) is 4.37 Å². The Morgan fingerprint density at radius 3 is 3.00 bits per heavy atom. The number of anilines is 2. The van der Waals surface area contributed by atoms with E-state index in [1.165, 1.54) is 11.5 Å². The smallest absolute Gasteiger partial charge is 0.197 e. The van der Waals surface area contributed by atoms with E-state index in [4.69, 9.17) is 20.3 Å². The summed E-state index contributed by atoms with van der Waals surface area (Å²) in [5.41, 5.74) is 5.68. The summed E-state index contributed by atoms with van der Waals surface area (Å²) in [5.74, 6) is 1.06. The van der Waals surface area contributed by atoms with Crippen LogP contribution in [0.5, 0.6) is 5.75 Å². The second-order valence-electron chi connectivity index (χ2n) is 3.28. The zero-order valence-corrected chi connectivity index (χ0v) is 10.8. The Labute approximate surface area is 105 Å². The maximum absolute atomic E-state index is 8.52. The molecule has 98 valence electrons. The summed E-state index contributed by atoms with van der Waals surface area (Å²) in [6, 6.07) is 0. The fourth-order valence-electron chi connectivity index (χ4n) is 1.23. The standard InChI is InChI=1S/C10H19N3O3S/c1-2-16-8-9(11)13-17-10(8)12-4-3-6-15-7-5-14/h12,14H,2-7H2,1H3,(H2,11,13). The maximum Gasteiger partial charge on any atom is 0.197 e. The summed E-state index contributed by atoms with van der Waals surface area (Å²) in [6.45, 7) is 4.30. The number of hydrogen-bond acceptors (Lipinski definition) is 7. The summed E-state index contributed by atoms with van der Waals surface area (Å²) >= 11 is 1.29. The SMILES string of the molecule is CCOc1c(N)nsc1NCCCOCCO. The monoisotopic (exact) mass is 261 g/mol. The van der Waals surface area contributed by atoms with Crippen molar-refractivity contribution in [3.63, 3.8) is 0 Å². The molecule has 0 fully saturated rings. The maximum atomic E-state index is 8.52. The van der Waals surface area contributed by atoms with Gasteiger partial charge in [0.2, 0.25) is 0 Å². The number of nitrogens with zero attached hydrogens (tertiary/aromatic N) is 1. The average molecular weight is 261 g/mol. The Hall–Kier alpha value is -1.05. The van der Waals surface area contributed by atoms with Gasteiger partial charge in [0.1, 0.15) is 0 Å². The number of nitrogen functional groups attached to an aromatic ring is 1. The molecule has 0 aliphatic rings. The molecule has 0 saturated heterocycles. The topological polar surface area (TPSA) is 89.6 Å². The van der Waals surface area contributed by atoms with Crippen molar-refractivity contribution in [3.8, 4) is 5.75 Å². The molecule has 0 saturated carbocycles. The van der Waals surface area contributed by atoms with Crippen LogP contribution < -0.4 is 15.8 Å². The predicted molar refractivity (Wildman–Crippen MR) is 68.7 cm³/mol. The van der Waals surface area contributed by atoms with Gasteiger partial charge in [-0.15, -0.1) is 0 Å². The second kappa shape index (κ2) is 8.10. The lowest BCUT2D eigenvalue weighted by Crippen LogP contribution is -2.07. The molecule has 1 aromatic rings. The van der Waals surface area contributed by atoms with Crippen LogP contribution in [0.1, 0.15) is 13.3 Å². The minimum atomic E-state index is 0.0628. The predicted octanol–water partition coefficient (Wildman–Crippen LogP) is 0.935. The molecule has 0 spiro atoms. The van der Waals surface area contributed by atoms with Gasteiger partial charge in [-0.3, -0.25) is 0 Å². The fourth-order valence-corrected chi connectivity index (χ4v) is 1.92. The van der Waals surface area contributed by atoms with Crippen molar-refractivity contribution in [1.82, 2.24) is 4.37 Å². The van der Waals surface area contributed by atoms with Crippen molar-refractivity contribution in [1.29, 1.82) is 0 Å². The van der Waals surface area contributed by atoms with Gasteiger partial charge in [0.25, 0.3) is 0 Å². The fraction of sp³-hybridized carbons (Fsp3) is 0.700. The lowest BCUT2D eigenvalue weighted by atomic mass is 10.4. The Bertz CT molecular complexity index is 320. The van der Waals surface area contributed by atoms with Crippen LogP contribution in [0.4, 0.5) is 10.8 Å². The van der Waals surface area contributed by atoms with Crippen molar-refractivity contribution < 1.29 is 14.6 Å². The first-order chi connectivity index (χ1) is 8.29. The molecule has 1 rings (SSSR count). The molecule has 6 nitrogen and oxygen atoms in total. The first kappa shape index (κ1) is 14.0. The van der Waals surface area contributed by atoms with Crippen molar-refractivity contribution >= 4 is 22.4 Å². The third-order valence-corrected chi connectivity index (χ3v) is 2.75. The Balaban J connectivity index is 2.26. The molecule has 17 heavy (non-hydrogen) atoms. The van der Waals surface area contributed by atoms with E-state index >= 15 is 0 Å². The number of hydrogen-bond donors (Lipinski definition) is 3. The number of aromatic nitrogens is 1. The molecule has 0 radical (unpaired) electrons. The van der Waals surface area contributed by atoms with Gasteiger partial charge in [0.15, 0.2) is 16.6 Å². The lowest BCUT2D eigenvalue weighted by Gasteiger charge is -2.07. The molecule has 1 aromatic heterocycles. The van der Waals surface area contributed by atoms with E-state index in [1.54, 1.807) is 0 Å². The molecular formula is C10H19N3O3S. The van der Waals surface area contributed by atoms with Gasteiger partial charge in [-0.1, -0.05) is 0 Å². The summed E-state index contributed by atoms with van der Waals surface area (Å²) in [5, 5.41) is 12.6. The number of aliphatic hydroxyl groups excluding tert-OH is 1. The number of nitrogens with two attached hydrogens (primary N) is 1. The molecule has 1 heterocycles. The van der Waals surface area contributed by atoms with Crippen molar-refractivity contribution in [2.24, 2.45) is 0 Å². The third-order valence-electron chi connectivity index (χ3n) is 1.95. The van der Waals surface area contributed by atoms with E-state index in [2.05, 4.69) is 9.69 Å². The highest BCUT2D eigenvalue weighted by molar-refractivity contribution is 7.11. The zero-order chi connectivity index (χ0) is 12.5. The normalized spacial score (nSPS) is 10.5. The molecule has 4 N–H and O–H groups in total. The summed E-state index contributed by atoms with van der Waals surface area (Å²) in [4.78, 5) is 0. The van der Waals surface area contributed by atoms with Crippen LogP contribution in [0.25, 0.3) is 0 Å². The molecule has 0 bridgehead atoms. The van der Waals surface area contributed by atoms with Gasteiger partial charge in [0, 0.05) is 13.2 Å². The van der Waals surface area contributed by atoms with Crippen molar-refractivity contribution in [3.05, 3.63) is 0 Å². The molecule has 7 heteroatoms. The van der Waals surface area contributed by atoms with E-state index < -0.39 is 0 Å².